The molecule has 1 atom stereocenters. The minimum atomic E-state index is -3.60. The van der Waals surface area contributed by atoms with Gasteiger partial charge in [-0.2, -0.15) is 0 Å². The molecule has 0 amide bonds. The van der Waals surface area contributed by atoms with Crippen LogP contribution >= 0.6 is 0 Å². The molecule has 24 heavy (non-hydrogen) atoms. The van der Waals surface area contributed by atoms with Crippen molar-refractivity contribution in [2.24, 2.45) is 0 Å². The summed E-state index contributed by atoms with van der Waals surface area (Å²) >= 11 is 0. The lowest BCUT2D eigenvalue weighted by atomic mass is 9.88. The van der Waals surface area contributed by atoms with Crippen LogP contribution in [0.25, 0.3) is 0 Å². The number of sulfonamides is 1. The molecule has 2 aromatic rings. The molecule has 2 aromatic carbocycles. The van der Waals surface area contributed by atoms with Gasteiger partial charge in [-0.1, -0.05) is 6.07 Å². The molecular weight excluding hydrogens is 324 g/mol. The number of aryl methyl sites for hydroxylation is 2. The van der Waals surface area contributed by atoms with Gasteiger partial charge in [0, 0.05) is 11.7 Å². The number of anilines is 1. The second-order valence-electron chi connectivity index (χ2n) is 6.16. The average molecular weight is 346 g/mol. The molecule has 3 N–H and O–H groups in total. The van der Waals surface area contributed by atoms with E-state index in [4.69, 9.17) is 10.5 Å². The van der Waals surface area contributed by atoms with E-state index in [1.807, 2.05) is 25.1 Å². The van der Waals surface area contributed by atoms with Crippen molar-refractivity contribution in [3.63, 3.8) is 0 Å². The van der Waals surface area contributed by atoms with Gasteiger partial charge in [0.05, 0.1) is 12.0 Å². The third kappa shape index (κ3) is 3.25. The maximum Gasteiger partial charge on any atom is 0.241 e. The predicted molar refractivity (Wildman–Crippen MR) is 94.6 cm³/mol. The first-order chi connectivity index (χ1) is 11.4. The van der Waals surface area contributed by atoms with E-state index in [0.29, 0.717) is 11.4 Å². The quantitative estimate of drug-likeness (QED) is 0.834. The van der Waals surface area contributed by atoms with E-state index in [0.717, 1.165) is 36.0 Å². The Hall–Kier alpha value is -2.05. The van der Waals surface area contributed by atoms with E-state index in [2.05, 4.69) is 4.72 Å². The predicted octanol–water partition coefficient (Wildman–Crippen LogP) is 2.94. The molecule has 0 bridgehead atoms. The highest BCUT2D eigenvalue weighted by molar-refractivity contribution is 7.89. The van der Waals surface area contributed by atoms with Crippen LogP contribution in [0.1, 0.15) is 35.6 Å². The molecule has 1 aliphatic carbocycles. The first-order valence-corrected chi connectivity index (χ1v) is 9.44. The lowest BCUT2D eigenvalue weighted by molar-refractivity contribution is 0.411. The van der Waals surface area contributed by atoms with Gasteiger partial charge in [0.1, 0.15) is 5.75 Å². The molecule has 0 spiro atoms. The fourth-order valence-electron chi connectivity index (χ4n) is 3.23. The van der Waals surface area contributed by atoms with Crippen LogP contribution in [0.4, 0.5) is 5.69 Å². The second kappa shape index (κ2) is 6.45. The highest BCUT2D eigenvalue weighted by Crippen LogP contribution is 2.32. The fraction of sp³-hybridized carbons (Fsp3) is 0.333. The number of ether oxygens (including phenoxy) is 1. The minimum Gasteiger partial charge on any atom is -0.496 e. The summed E-state index contributed by atoms with van der Waals surface area (Å²) in [4.78, 5) is 0.253. The Morgan fingerprint density at radius 3 is 2.71 bits per heavy atom. The number of nitrogens with one attached hydrogen (secondary N) is 1. The molecule has 6 heteroatoms. The molecule has 1 unspecified atom stereocenters. The van der Waals surface area contributed by atoms with Crippen LogP contribution < -0.4 is 15.2 Å². The Morgan fingerprint density at radius 2 is 2.00 bits per heavy atom. The number of rotatable bonds is 4. The zero-order valence-corrected chi connectivity index (χ0v) is 14.7. The summed E-state index contributed by atoms with van der Waals surface area (Å²) in [6, 6.07) is 10.3. The highest BCUT2D eigenvalue weighted by Gasteiger charge is 2.26. The van der Waals surface area contributed by atoms with Crippen LogP contribution in [-0.2, 0) is 16.4 Å². The van der Waals surface area contributed by atoms with Crippen LogP contribution in [-0.4, -0.2) is 15.5 Å². The van der Waals surface area contributed by atoms with Crippen LogP contribution in [0.15, 0.2) is 41.3 Å². The van der Waals surface area contributed by atoms with Crippen molar-refractivity contribution < 1.29 is 13.2 Å². The Labute approximate surface area is 142 Å². The molecule has 0 radical (unpaired) electrons. The van der Waals surface area contributed by atoms with Gasteiger partial charge in [0.15, 0.2) is 0 Å². The van der Waals surface area contributed by atoms with Crippen LogP contribution in [0, 0.1) is 6.92 Å². The van der Waals surface area contributed by atoms with E-state index in [1.54, 1.807) is 25.3 Å². The van der Waals surface area contributed by atoms with Gasteiger partial charge in [-0.3, -0.25) is 0 Å². The standard InChI is InChI=1S/C18H22N2O3S/c1-12-10-15(7-9-18(12)23-2)24(21,22)20-17-5-3-4-13-11-14(19)6-8-16(13)17/h6-11,17,20H,3-5,19H2,1-2H3. The number of nitrogen functional groups attached to an aromatic ring is 1. The summed E-state index contributed by atoms with van der Waals surface area (Å²) in [6.07, 6.45) is 2.65. The number of methoxy groups -OCH3 is 1. The van der Waals surface area contributed by atoms with Crippen LogP contribution in [0.5, 0.6) is 5.75 Å². The smallest absolute Gasteiger partial charge is 0.241 e. The third-order valence-electron chi connectivity index (χ3n) is 4.46. The molecule has 3 rings (SSSR count). The zero-order valence-electron chi connectivity index (χ0n) is 13.9. The number of nitrogens with two attached hydrogens (primary N) is 1. The average Bonchev–Trinajstić information content (AvgIpc) is 2.54. The summed E-state index contributed by atoms with van der Waals surface area (Å²) < 4.78 is 33.5. The number of fused-ring (bicyclic) bond motifs is 1. The number of hydrogen-bond acceptors (Lipinski definition) is 4. The first-order valence-electron chi connectivity index (χ1n) is 7.96. The maximum absolute atomic E-state index is 12.8. The van der Waals surface area contributed by atoms with Gasteiger partial charge >= 0.3 is 0 Å². The SMILES string of the molecule is COc1ccc(S(=O)(=O)NC2CCCc3cc(N)ccc32)cc1C. The van der Waals surface area contributed by atoms with E-state index >= 15 is 0 Å². The molecule has 0 saturated carbocycles. The van der Waals surface area contributed by atoms with Crippen molar-refractivity contribution >= 4 is 15.7 Å². The van der Waals surface area contributed by atoms with Crippen molar-refractivity contribution in [1.82, 2.24) is 4.72 Å². The Balaban J connectivity index is 1.90. The first kappa shape index (κ1) is 16.8. The third-order valence-corrected chi connectivity index (χ3v) is 5.92. The van der Waals surface area contributed by atoms with E-state index in [9.17, 15) is 8.42 Å². The summed E-state index contributed by atoms with van der Waals surface area (Å²) in [5.41, 5.74) is 9.48. The summed E-state index contributed by atoms with van der Waals surface area (Å²) in [7, 11) is -2.03. The minimum absolute atomic E-state index is 0.221. The van der Waals surface area contributed by atoms with Gasteiger partial charge in [0.25, 0.3) is 0 Å². The van der Waals surface area contributed by atoms with Crippen molar-refractivity contribution in [3.05, 3.63) is 53.1 Å². The molecule has 0 aliphatic heterocycles. The van der Waals surface area contributed by atoms with E-state index < -0.39 is 10.0 Å². The van der Waals surface area contributed by atoms with Gasteiger partial charge < -0.3 is 10.5 Å². The molecule has 0 fully saturated rings. The monoisotopic (exact) mass is 346 g/mol. The van der Waals surface area contributed by atoms with Crippen LogP contribution in [0.2, 0.25) is 0 Å². The highest BCUT2D eigenvalue weighted by atomic mass is 32.2. The topological polar surface area (TPSA) is 81.4 Å². The normalized spacial score (nSPS) is 17.3. The van der Waals surface area contributed by atoms with Crippen molar-refractivity contribution in [1.29, 1.82) is 0 Å². The van der Waals surface area contributed by atoms with Gasteiger partial charge in [-0.25, -0.2) is 13.1 Å². The van der Waals surface area contributed by atoms with Crippen molar-refractivity contribution in [2.75, 3.05) is 12.8 Å². The largest absolute Gasteiger partial charge is 0.496 e. The molecule has 1 aliphatic rings. The van der Waals surface area contributed by atoms with Gasteiger partial charge in [-0.15, -0.1) is 0 Å². The number of hydrogen-bond donors (Lipinski definition) is 2. The summed E-state index contributed by atoms with van der Waals surface area (Å²) in [5, 5.41) is 0. The van der Waals surface area contributed by atoms with Crippen molar-refractivity contribution in [2.45, 2.75) is 37.1 Å². The van der Waals surface area contributed by atoms with E-state index in [1.165, 1.54) is 0 Å². The second-order valence-corrected chi connectivity index (χ2v) is 7.87. The Kier molecular flexibility index (Phi) is 4.51. The van der Waals surface area contributed by atoms with Gasteiger partial charge in [-0.05, 0) is 73.2 Å². The Morgan fingerprint density at radius 1 is 1.21 bits per heavy atom. The van der Waals surface area contributed by atoms with Gasteiger partial charge in [0.2, 0.25) is 10.0 Å². The number of benzene rings is 2. The van der Waals surface area contributed by atoms with Crippen molar-refractivity contribution in [3.8, 4) is 5.75 Å². The summed E-state index contributed by atoms with van der Waals surface area (Å²) in [5.74, 6) is 0.674. The van der Waals surface area contributed by atoms with Crippen LogP contribution in [0.3, 0.4) is 0 Å². The fourth-order valence-corrected chi connectivity index (χ4v) is 4.56. The molecule has 128 valence electrons. The molecule has 0 heterocycles. The summed E-state index contributed by atoms with van der Waals surface area (Å²) in [6.45, 7) is 1.83. The van der Waals surface area contributed by atoms with E-state index in [-0.39, 0.29) is 10.9 Å². The lowest BCUT2D eigenvalue weighted by Gasteiger charge is -2.26. The molecule has 0 saturated heterocycles. The lowest BCUT2D eigenvalue weighted by Crippen LogP contribution is -2.31. The maximum atomic E-state index is 12.8. The zero-order chi connectivity index (χ0) is 17.3. The molecule has 0 aromatic heterocycles. The Bertz CT molecular complexity index is 863. The molecule has 5 nitrogen and oxygen atoms in total. The molecular formula is C18H22N2O3S.